The van der Waals surface area contributed by atoms with E-state index in [0.717, 1.165) is 0 Å². The zero-order chi connectivity index (χ0) is 18.3. The van der Waals surface area contributed by atoms with Gasteiger partial charge in [-0.05, 0) is 37.6 Å². The fourth-order valence-corrected chi connectivity index (χ4v) is 2.39. The van der Waals surface area contributed by atoms with Crippen LogP contribution in [0.4, 0.5) is 0 Å². The van der Waals surface area contributed by atoms with Gasteiger partial charge in [0.05, 0.1) is 0 Å². The Kier molecular flexibility index (Phi) is 7.31. The lowest BCUT2D eigenvalue weighted by Gasteiger charge is -2.21. The molecule has 1 aromatic heterocycles. The largest absolute Gasteiger partial charge is 0.354 e. The summed E-state index contributed by atoms with van der Waals surface area (Å²) in [6, 6.07) is -0.493. The van der Waals surface area contributed by atoms with Crippen LogP contribution in [0.25, 0.3) is 0 Å². The number of carbonyl (C=O) groups is 2. The molecular weight excluding hydrogens is 308 g/mol. The van der Waals surface area contributed by atoms with Crippen molar-refractivity contribution >= 4 is 11.8 Å². The Morgan fingerprint density at radius 1 is 1.25 bits per heavy atom. The standard InChI is InChI=1S/C16H30N6O2/c1-7-21(8-2)13(23)10-9-11-17-14(24)12(3)22-15(16(4,5)6)18-19-20-22/h12H,7-11H2,1-6H3,(H,17,24)/t12-/m1/s1. The monoisotopic (exact) mass is 338 g/mol. The van der Waals surface area contributed by atoms with Gasteiger partial charge >= 0.3 is 0 Å². The first kappa shape index (κ1) is 20.1. The summed E-state index contributed by atoms with van der Waals surface area (Å²) in [5.74, 6) is 0.641. The number of aromatic nitrogens is 4. The third-order valence-corrected chi connectivity index (χ3v) is 3.89. The Bertz CT molecular complexity index is 545. The molecule has 8 heteroatoms. The molecule has 0 aliphatic carbocycles. The Morgan fingerprint density at radius 2 is 1.88 bits per heavy atom. The summed E-state index contributed by atoms with van der Waals surface area (Å²) in [4.78, 5) is 26.0. The normalized spacial score (nSPS) is 12.8. The average Bonchev–Trinajstić information content (AvgIpc) is 3.01. The van der Waals surface area contributed by atoms with Crippen LogP contribution in [0.3, 0.4) is 0 Å². The lowest BCUT2D eigenvalue weighted by molar-refractivity contribution is -0.131. The SMILES string of the molecule is CCN(CC)C(=O)CCCNC(=O)[C@@H](C)n1nnnc1C(C)(C)C. The van der Waals surface area contributed by atoms with E-state index in [1.54, 1.807) is 16.5 Å². The van der Waals surface area contributed by atoms with Crippen LogP contribution in [-0.2, 0) is 15.0 Å². The molecule has 0 aliphatic heterocycles. The molecule has 0 spiro atoms. The molecule has 0 bridgehead atoms. The van der Waals surface area contributed by atoms with Gasteiger partial charge in [0.15, 0.2) is 5.82 Å². The maximum absolute atomic E-state index is 12.3. The van der Waals surface area contributed by atoms with Crippen LogP contribution < -0.4 is 5.32 Å². The molecule has 1 N–H and O–H groups in total. The predicted molar refractivity (Wildman–Crippen MR) is 91.4 cm³/mol. The van der Waals surface area contributed by atoms with E-state index < -0.39 is 6.04 Å². The van der Waals surface area contributed by atoms with Crippen molar-refractivity contribution in [2.24, 2.45) is 0 Å². The minimum Gasteiger partial charge on any atom is -0.354 e. The molecule has 1 atom stereocenters. The second-order valence-corrected chi connectivity index (χ2v) is 6.83. The summed E-state index contributed by atoms with van der Waals surface area (Å²) in [5, 5.41) is 14.5. The van der Waals surface area contributed by atoms with Crippen molar-refractivity contribution in [1.29, 1.82) is 0 Å². The molecule has 1 heterocycles. The van der Waals surface area contributed by atoms with Gasteiger partial charge < -0.3 is 10.2 Å². The zero-order valence-electron chi connectivity index (χ0n) is 15.7. The first-order valence-corrected chi connectivity index (χ1v) is 8.56. The van der Waals surface area contributed by atoms with Crippen LogP contribution in [0, 0.1) is 0 Å². The van der Waals surface area contributed by atoms with E-state index in [9.17, 15) is 9.59 Å². The van der Waals surface area contributed by atoms with E-state index >= 15 is 0 Å². The second-order valence-electron chi connectivity index (χ2n) is 6.83. The molecule has 2 amide bonds. The quantitative estimate of drug-likeness (QED) is 0.721. The molecule has 0 saturated carbocycles. The summed E-state index contributed by atoms with van der Waals surface area (Å²) in [6.07, 6.45) is 1.06. The Labute approximate surface area is 144 Å². The van der Waals surface area contributed by atoms with E-state index in [-0.39, 0.29) is 17.2 Å². The number of hydrogen-bond acceptors (Lipinski definition) is 5. The zero-order valence-corrected chi connectivity index (χ0v) is 15.7. The van der Waals surface area contributed by atoms with E-state index in [0.29, 0.717) is 38.3 Å². The second kappa shape index (κ2) is 8.75. The van der Waals surface area contributed by atoms with Crippen LogP contribution in [0.5, 0.6) is 0 Å². The van der Waals surface area contributed by atoms with Gasteiger partial charge in [0.2, 0.25) is 11.8 Å². The average molecular weight is 338 g/mol. The van der Waals surface area contributed by atoms with Crippen LogP contribution in [0.15, 0.2) is 0 Å². The van der Waals surface area contributed by atoms with E-state index in [1.807, 2.05) is 34.6 Å². The molecule has 8 nitrogen and oxygen atoms in total. The van der Waals surface area contributed by atoms with Gasteiger partial charge in [-0.15, -0.1) is 5.10 Å². The van der Waals surface area contributed by atoms with Crippen molar-refractivity contribution in [1.82, 2.24) is 30.4 Å². The van der Waals surface area contributed by atoms with Crippen LogP contribution in [0.2, 0.25) is 0 Å². The molecule has 0 aliphatic rings. The number of nitrogens with zero attached hydrogens (tertiary/aromatic N) is 5. The number of hydrogen-bond donors (Lipinski definition) is 1. The molecule has 24 heavy (non-hydrogen) atoms. The highest BCUT2D eigenvalue weighted by Crippen LogP contribution is 2.21. The minimum absolute atomic E-state index is 0.123. The highest BCUT2D eigenvalue weighted by molar-refractivity contribution is 5.80. The molecular formula is C16H30N6O2. The third-order valence-electron chi connectivity index (χ3n) is 3.89. The number of amides is 2. The molecule has 136 valence electrons. The van der Waals surface area contributed by atoms with Crippen LogP contribution in [-0.4, -0.2) is 56.6 Å². The highest BCUT2D eigenvalue weighted by atomic mass is 16.2. The summed E-state index contributed by atoms with van der Waals surface area (Å²) in [5.41, 5.74) is -0.242. The van der Waals surface area contributed by atoms with Crippen molar-refractivity contribution in [2.45, 2.75) is 65.8 Å². The smallest absolute Gasteiger partial charge is 0.244 e. The maximum atomic E-state index is 12.3. The summed E-state index contributed by atoms with van der Waals surface area (Å²) >= 11 is 0. The molecule has 0 fully saturated rings. The van der Waals surface area contributed by atoms with Gasteiger partial charge in [0, 0.05) is 31.5 Å². The minimum atomic E-state index is -0.493. The summed E-state index contributed by atoms with van der Waals surface area (Å²) in [6.45, 7) is 13.6. The van der Waals surface area contributed by atoms with Gasteiger partial charge in [-0.1, -0.05) is 20.8 Å². The Hall–Kier alpha value is -1.99. The van der Waals surface area contributed by atoms with E-state index in [2.05, 4.69) is 20.8 Å². The van der Waals surface area contributed by atoms with Crippen molar-refractivity contribution in [2.75, 3.05) is 19.6 Å². The number of tetrazole rings is 1. The van der Waals surface area contributed by atoms with Gasteiger partial charge in [0.1, 0.15) is 6.04 Å². The van der Waals surface area contributed by atoms with E-state index in [4.69, 9.17) is 0 Å². The number of nitrogens with one attached hydrogen (secondary N) is 1. The fraction of sp³-hybridized carbons (Fsp3) is 0.812. The maximum Gasteiger partial charge on any atom is 0.244 e. The molecule has 1 rings (SSSR count). The number of carbonyl (C=O) groups excluding carboxylic acids is 2. The van der Waals surface area contributed by atoms with Gasteiger partial charge in [-0.2, -0.15) is 0 Å². The summed E-state index contributed by atoms with van der Waals surface area (Å²) < 4.78 is 1.55. The third kappa shape index (κ3) is 5.28. The van der Waals surface area contributed by atoms with Crippen molar-refractivity contribution in [3.63, 3.8) is 0 Å². The van der Waals surface area contributed by atoms with Crippen molar-refractivity contribution < 1.29 is 9.59 Å². The van der Waals surface area contributed by atoms with Crippen LogP contribution >= 0.6 is 0 Å². The lowest BCUT2D eigenvalue weighted by atomic mass is 9.95. The number of rotatable bonds is 8. The molecule has 0 radical (unpaired) electrons. The molecule has 0 aromatic carbocycles. The first-order valence-electron chi connectivity index (χ1n) is 8.56. The first-order chi connectivity index (χ1) is 11.2. The topological polar surface area (TPSA) is 93.0 Å². The fourth-order valence-electron chi connectivity index (χ4n) is 2.39. The highest BCUT2D eigenvalue weighted by Gasteiger charge is 2.27. The predicted octanol–water partition coefficient (Wildman–Crippen LogP) is 1.30. The van der Waals surface area contributed by atoms with Gasteiger partial charge in [-0.25, -0.2) is 4.68 Å². The Balaban J connectivity index is 2.49. The molecule has 0 unspecified atom stereocenters. The van der Waals surface area contributed by atoms with Gasteiger partial charge in [0.25, 0.3) is 0 Å². The molecule has 1 aromatic rings. The van der Waals surface area contributed by atoms with Crippen LogP contribution in [0.1, 0.15) is 66.3 Å². The Morgan fingerprint density at radius 3 is 2.42 bits per heavy atom. The summed E-state index contributed by atoms with van der Waals surface area (Å²) in [7, 11) is 0. The van der Waals surface area contributed by atoms with Gasteiger partial charge in [-0.3, -0.25) is 9.59 Å². The lowest BCUT2D eigenvalue weighted by Crippen LogP contribution is -2.35. The molecule has 0 saturated heterocycles. The van der Waals surface area contributed by atoms with Crippen molar-refractivity contribution in [3.05, 3.63) is 5.82 Å². The van der Waals surface area contributed by atoms with Crippen molar-refractivity contribution in [3.8, 4) is 0 Å². The van der Waals surface area contributed by atoms with E-state index in [1.165, 1.54) is 0 Å².